The average Bonchev–Trinajstić information content (AvgIpc) is 1.89. The molecule has 0 radical (unpaired) electrons. The van der Waals surface area contributed by atoms with Gasteiger partial charge in [0, 0.05) is 0 Å². The lowest BCUT2D eigenvalue weighted by molar-refractivity contribution is 0.158. The van der Waals surface area contributed by atoms with Crippen LogP contribution in [0, 0.1) is 0 Å². The van der Waals surface area contributed by atoms with E-state index in [0.717, 1.165) is 6.42 Å². The van der Waals surface area contributed by atoms with Gasteiger partial charge in [-0.05, 0) is 12.5 Å². The molecule has 1 aliphatic carbocycles. The first-order valence-corrected chi connectivity index (χ1v) is 2.93. The Labute approximate surface area is 54.5 Å². The Morgan fingerprint density at radius 1 is 1.78 bits per heavy atom. The van der Waals surface area contributed by atoms with E-state index in [-0.39, 0.29) is 0 Å². The predicted molar refractivity (Wildman–Crippen MR) is 34.9 cm³/mol. The predicted octanol–water partition coefficient (Wildman–Crippen LogP) is 0.837. The number of allylic oxidation sites excluding steroid dienone is 2. The molecule has 2 heteroatoms. The van der Waals surface area contributed by atoms with Gasteiger partial charge in [-0.3, -0.25) is 0 Å². The molecule has 1 aliphatic rings. The van der Waals surface area contributed by atoms with Gasteiger partial charge in [-0.15, -0.1) is 0 Å². The molecule has 0 heterocycles. The third-order valence-corrected chi connectivity index (χ3v) is 1.30. The van der Waals surface area contributed by atoms with Crippen LogP contribution in [-0.4, -0.2) is 18.3 Å². The van der Waals surface area contributed by atoms with Crippen molar-refractivity contribution in [3.63, 3.8) is 0 Å². The minimum Gasteiger partial charge on any atom is -0.498 e. The molecule has 0 amide bonds. The minimum absolute atomic E-state index is 0.524. The number of ether oxygens (including phenoxy) is 1. The minimum atomic E-state index is -0.524. The van der Waals surface area contributed by atoms with Gasteiger partial charge in [-0.25, -0.2) is 0 Å². The fourth-order valence-electron chi connectivity index (χ4n) is 0.811. The molecule has 0 aromatic heterocycles. The van der Waals surface area contributed by atoms with Crippen molar-refractivity contribution in [2.45, 2.75) is 12.5 Å². The smallest absolute Gasteiger partial charge is 0.129 e. The highest BCUT2D eigenvalue weighted by Gasteiger charge is 2.08. The quantitative estimate of drug-likeness (QED) is 0.527. The summed E-state index contributed by atoms with van der Waals surface area (Å²) in [5, 5.41) is 9.09. The zero-order valence-electron chi connectivity index (χ0n) is 5.37. The standard InChI is InChI=1S/C7H10O2/c1-9-7-5-3-2-4-6(7)8/h2,4-6,8H,3H2,1H3. The zero-order valence-corrected chi connectivity index (χ0v) is 5.37. The summed E-state index contributed by atoms with van der Waals surface area (Å²) in [4.78, 5) is 0. The van der Waals surface area contributed by atoms with Crippen molar-refractivity contribution in [3.8, 4) is 0 Å². The number of aliphatic hydroxyl groups excluding tert-OH is 1. The largest absolute Gasteiger partial charge is 0.498 e. The molecule has 0 aromatic rings. The summed E-state index contributed by atoms with van der Waals surface area (Å²) < 4.78 is 4.86. The van der Waals surface area contributed by atoms with E-state index in [2.05, 4.69) is 0 Å². The van der Waals surface area contributed by atoms with Crippen molar-refractivity contribution in [1.82, 2.24) is 0 Å². The van der Waals surface area contributed by atoms with Gasteiger partial charge in [0.2, 0.25) is 0 Å². The van der Waals surface area contributed by atoms with Gasteiger partial charge in [-0.2, -0.15) is 0 Å². The number of hydrogen-bond acceptors (Lipinski definition) is 2. The maximum absolute atomic E-state index is 9.09. The van der Waals surface area contributed by atoms with Crippen LogP contribution >= 0.6 is 0 Å². The Bertz CT molecular complexity index is 147. The molecule has 9 heavy (non-hydrogen) atoms. The Hall–Kier alpha value is -0.760. The van der Waals surface area contributed by atoms with Gasteiger partial charge < -0.3 is 9.84 Å². The summed E-state index contributed by atoms with van der Waals surface area (Å²) in [6.45, 7) is 0. The summed E-state index contributed by atoms with van der Waals surface area (Å²) in [6.07, 6.45) is 5.83. The van der Waals surface area contributed by atoms with Crippen molar-refractivity contribution < 1.29 is 9.84 Å². The van der Waals surface area contributed by atoms with Crippen molar-refractivity contribution in [3.05, 3.63) is 24.0 Å². The summed E-state index contributed by atoms with van der Waals surface area (Å²) in [5.74, 6) is 0.650. The van der Waals surface area contributed by atoms with Gasteiger partial charge in [-0.1, -0.05) is 12.2 Å². The highest BCUT2D eigenvalue weighted by Crippen LogP contribution is 2.11. The van der Waals surface area contributed by atoms with Crippen molar-refractivity contribution in [2.24, 2.45) is 0 Å². The first-order chi connectivity index (χ1) is 4.34. The van der Waals surface area contributed by atoms with E-state index in [1.54, 1.807) is 13.2 Å². The van der Waals surface area contributed by atoms with Crippen LogP contribution < -0.4 is 0 Å². The topological polar surface area (TPSA) is 29.5 Å². The number of methoxy groups -OCH3 is 1. The summed E-state index contributed by atoms with van der Waals surface area (Å²) in [7, 11) is 1.56. The molecule has 2 nitrogen and oxygen atoms in total. The SMILES string of the molecule is COC1=CCC=CC1O. The first kappa shape index (κ1) is 6.36. The third-order valence-electron chi connectivity index (χ3n) is 1.30. The molecule has 1 N–H and O–H groups in total. The van der Waals surface area contributed by atoms with E-state index < -0.39 is 6.10 Å². The Kier molecular flexibility index (Phi) is 1.90. The lowest BCUT2D eigenvalue weighted by atomic mass is 10.1. The van der Waals surface area contributed by atoms with E-state index in [1.807, 2.05) is 12.2 Å². The molecular formula is C7H10O2. The molecule has 0 bridgehead atoms. The highest BCUT2D eigenvalue weighted by molar-refractivity contribution is 5.15. The maximum atomic E-state index is 9.09. The van der Waals surface area contributed by atoms with Gasteiger partial charge in [0.15, 0.2) is 0 Å². The number of hydrogen-bond donors (Lipinski definition) is 1. The lowest BCUT2D eigenvalue weighted by Crippen LogP contribution is -2.10. The van der Waals surface area contributed by atoms with E-state index in [1.165, 1.54) is 0 Å². The second kappa shape index (κ2) is 2.69. The van der Waals surface area contributed by atoms with E-state index in [0.29, 0.717) is 5.76 Å². The van der Waals surface area contributed by atoms with E-state index in [9.17, 15) is 0 Å². The summed E-state index contributed by atoms with van der Waals surface area (Å²) in [6, 6.07) is 0. The third kappa shape index (κ3) is 1.33. The molecule has 0 aliphatic heterocycles. The van der Waals surface area contributed by atoms with Gasteiger partial charge in [0.05, 0.1) is 7.11 Å². The van der Waals surface area contributed by atoms with Crippen molar-refractivity contribution in [2.75, 3.05) is 7.11 Å². The molecule has 50 valence electrons. The summed E-state index contributed by atoms with van der Waals surface area (Å²) in [5.41, 5.74) is 0. The Balaban J connectivity index is 2.59. The number of rotatable bonds is 1. The first-order valence-electron chi connectivity index (χ1n) is 2.93. The van der Waals surface area contributed by atoms with Crippen LogP contribution in [0.4, 0.5) is 0 Å². The molecular weight excluding hydrogens is 116 g/mol. The van der Waals surface area contributed by atoms with Crippen LogP contribution in [0.15, 0.2) is 24.0 Å². The highest BCUT2D eigenvalue weighted by atomic mass is 16.5. The molecule has 1 unspecified atom stereocenters. The van der Waals surface area contributed by atoms with Gasteiger partial charge >= 0.3 is 0 Å². The van der Waals surface area contributed by atoms with Crippen LogP contribution in [0.3, 0.4) is 0 Å². The van der Waals surface area contributed by atoms with E-state index in [4.69, 9.17) is 9.84 Å². The average molecular weight is 126 g/mol. The molecule has 0 aromatic carbocycles. The van der Waals surface area contributed by atoms with Gasteiger partial charge in [0.1, 0.15) is 11.9 Å². The molecule has 0 saturated carbocycles. The van der Waals surface area contributed by atoms with Crippen molar-refractivity contribution >= 4 is 0 Å². The fourth-order valence-corrected chi connectivity index (χ4v) is 0.811. The molecule has 1 rings (SSSR count). The Morgan fingerprint density at radius 3 is 3.00 bits per heavy atom. The van der Waals surface area contributed by atoms with Crippen LogP contribution in [0.1, 0.15) is 6.42 Å². The summed E-state index contributed by atoms with van der Waals surface area (Å²) >= 11 is 0. The molecule has 0 saturated heterocycles. The lowest BCUT2D eigenvalue weighted by Gasteiger charge is -2.12. The zero-order chi connectivity index (χ0) is 6.69. The molecule has 0 spiro atoms. The maximum Gasteiger partial charge on any atom is 0.129 e. The normalized spacial score (nSPS) is 25.6. The van der Waals surface area contributed by atoms with Crippen LogP contribution in [0.5, 0.6) is 0 Å². The second-order valence-corrected chi connectivity index (χ2v) is 1.92. The van der Waals surface area contributed by atoms with Gasteiger partial charge in [0.25, 0.3) is 0 Å². The van der Waals surface area contributed by atoms with E-state index >= 15 is 0 Å². The van der Waals surface area contributed by atoms with Crippen LogP contribution in [0.25, 0.3) is 0 Å². The second-order valence-electron chi connectivity index (χ2n) is 1.92. The monoisotopic (exact) mass is 126 g/mol. The van der Waals surface area contributed by atoms with Crippen LogP contribution in [0.2, 0.25) is 0 Å². The molecule has 0 fully saturated rings. The van der Waals surface area contributed by atoms with Crippen LogP contribution in [-0.2, 0) is 4.74 Å². The van der Waals surface area contributed by atoms with Crippen molar-refractivity contribution in [1.29, 1.82) is 0 Å². The Morgan fingerprint density at radius 2 is 2.56 bits per heavy atom. The molecule has 1 atom stereocenters. The number of aliphatic hydroxyl groups is 1. The fraction of sp³-hybridized carbons (Fsp3) is 0.429.